The van der Waals surface area contributed by atoms with E-state index in [2.05, 4.69) is 0 Å². The Bertz CT molecular complexity index is 748. The Kier molecular flexibility index (Phi) is 3.21. The van der Waals surface area contributed by atoms with Crippen molar-refractivity contribution in [3.63, 3.8) is 0 Å². The number of rotatable bonds is 3. The molecule has 1 atom stereocenters. The van der Waals surface area contributed by atoms with Gasteiger partial charge in [0.05, 0.1) is 22.1 Å². The molecule has 3 rings (SSSR count). The van der Waals surface area contributed by atoms with Gasteiger partial charge in [0, 0.05) is 12.1 Å². The maximum absolute atomic E-state index is 12.4. The van der Waals surface area contributed by atoms with Crippen molar-refractivity contribution in [2.75, 3.05) is 0 Å². The number of carbonyl (C=O) groups is 2. The molecule has 1 heterocycles. The van der Waals surface area contributed by atoms with E-state index in [1.165, 1.54) is 17.0 Å². The maximum atomic E-state index is 12.4. The molecule has 1 aliphatic rings. The summed E-state index contributed by atoms with van der Waals surface area (Å²) in [5, 5.41) is 10.7. The van der Waals surface area contributed by atoms with Crippen molar-refractivity contribution in [2.45, 2.75) is 13.0 Å². The van der Waals surface area contributed by atoms with E-state index in [4.69, 9.17) is 0 Å². The topological polar surface area (TPSA) is 80.5 Å². The number of benzene rings is 2. The Morgan fingerprint density at radius 3 is 1.91 bits per heavy atom. The molecular weight excluding hydrogens is 284 g/mol. The molecule has 0 radical (unpaired) electrons. The average molecular weight is 296 g/mol. The lowest BCUT2D eigenvalue weighted by Gasteiger charge is -2.22. The molecule has 1 aliphatic heterocycles. The SMILES string of the molecule is C[C@H](c1ccc([N+](=O)[O-])cc1)N1C(=O)c2ccccc2C1=O. The second-order valence-electron chi connectivity index (χ2n) is 5.05. The van der Waals surface area contributed by atoms with E-state index < -0.39 is 11.0 Å². The maximum Gasteiger partial charge on any atom is 0.269 e. The van der Waals surface area contributed by atoms with Gasteiger partial charge in [-0.2, -0.15) is 0 Å². The van der Waals surface area contributed by atoms with Crippen LogP contribution in [0.1, 0.15) is 39.2 Å². The van der Waals surface area contributed by atoms with Gasteiger partial charge in [0.15, 0.2) is 0 Å². The van der Waals surface area contributed by atoms with Crippen LogP contribution < -0.4 is 0 Å². The summed E-state index contributed by atoms with van der Waals surface area (Å²) in [6.07, 6.45) is 0. The van der Waals surface area contributed by atoms with Gasteiger partial charge in [0.1, 0.15) is 0 Å². The molecule has 0 N–H and O–H groups in total. The van der Waals surface area contributed by atoms with Crippen LogP contribution in [-0.4, -0.2) is 21.6 Å². The zero-order valence-electron chi connectivity index (χ0n) is 11.7. The van der Waals surface area contributed by atoms with Gasteiger partial charge in [-0.3, -0.25) is 24.6 Å². The number of imide groups is 1. The van der Waals surface area contributed by atoms with Crippen LogP contribution in [-0.2, 0) is 0 Å². The monoisotopic (exact) mass is 296 g/mol. The Hall–Kier alpha value is -3.02. The fourth-order valence-electron chi connectivity index (χ4n) is 2.58. The highest BCUT2D eigenvalue weighted by atomic mass is 16.6. The third kappa shape index (κ3) is 2.05. The molecule has 0 fully saturated rings. The fourth-order valence-corrected chi connectivity index (χ4v) is 2.58. The summed E-state index contributed by atoms with van der Waals surface area (Å²) in [7, 11) is 0. The van der Waals surface area contributed by atoms with E-state index in [0.29, 0.717) is 16.7 Å². The van der Waals surface area contributed by atoms with Crippen molar-refractivity contribution in [1.29, 1.82) is 0 Å². The van der Waals surface area contributed by atoms with Crippen molar-refractivity contribution in [3.8, 4) is 0 Å². The van der Waals surface area contributed by atoms with E-state index in [-0.39, 0.29) is 17.5 Å². The van der Waals surface area contributed by atoms with E-state index in [9.17, 15) is 19.7 Å². The van der Waals surface area contributed by atoms with E-state index in [1.807, 2.05) is 0 Å². The molecule has 0 saturated heterocycles. The van der Waals surface area contributed by atoms with Gasteiger partial charge >= 0.3 is 0 Å². The first kappa shape index (κ1) is 13.9. The van der Waals surface area contributed by atoms with E-state index in [1.54, 1.807) is 43.3 Å². The van der Waals surface area contributed by atoms with Crippen LogP contribution in [0, 0.1) is 10.1 Å². The number of carbonyl (C=O) groups excluding carboxylic acids is 2. The summed E-state index contributed by atoms with van der Waals surface area (Å²) in [5.41, 5.74) is 1.42. The van der Waals surface area contributed by atoms with Crippen molar-refractivity contribution >= 4 is 17.5 Å². The predicted octanol–water partition coefficient (Wildman–Crippen LogP) is 2.95. The van der Waals surface area contributed by atoms with Crippen molar-refractivity contribution in [3.05, 3.63) is 75.3 Å². The smallest absolute Gasteiger partial charge is 0.269 e. The Balaban J connectivity index is 1.93. The van der Waals surface area contributed by atoms with Crippen LogP contribution in [0.2, 0.25) is 0 Å². The number of fused-ring (bicyclic) bond motifs is 1. The Morgan fingerprint density at radius 1 is 0.955 bits per heavy atom. The molecule has 0 bridgehead atoms. The lowest BCUT2D eigenvalue weighted by atomic mass is 10.1. The lowest BCUT2D eigenvalue weighted by molar-refractivity contribution is -0.384. The first-order valence-corrected chi connectivity index (χ1v) is 6.72. The molecule has 0 spiro atoms. The molecule has 2 aromatic carbocycles. The van der Waals surface area contributed by atoms with Crippen LogP contribution >= 0.6 is 0 Å². The number of nitrogens with zero attached hydrogens (tertiary/aromatic N) is 2. The van der Waals surface area contributed by atoms with E-state index in [0.717, 1.165) is 0 Å². The second kappa shape index (κ2) is 5.07. The number of hydrogen-bond acceptors (Lipinski definition) is 4. The van der Waals surface area contributed by atoms with Gasteiger partial charge in [-0.15, -0.1) is 0 Å². The summed E-state index contributed by atoms with van der Waals surface area (Å²) in [4.78, 5) is 36.2. The molecule has 0 aliphatic carbocycles. The van der Waals surface area contributed by atoms with Crippen LogP contribution in [0.5, 0.6) is 0 Å². The number of hydrogen-bond donors (Lipinski definition) is 0. The van der Waals surface area contributed by atoms with Gasteiger partial charge < -0.3 is 0 Å². The summed E-state index contributed by atoms with van der Waals surface area (Å²) >= 11 is 0. The highest BCUT2D eigenvalue weighted by Gasteiger charge is 2.38. The average Bonchev–Trinajstić information content (AvgIpc) is 2.79. The molecule has 2 aromatic rings. The first-order chi connectivity index (χ1) is 10.5. The van der Waals surface area contributed by atoms with Gasteiger partial charge in [0.2, 0.25) is 0 Å². The molecule has 0 unspecified atom stereocenters. The molecule has 0 saturated carbocycles. The predicted molar refractivity (Wildman–Crippen MR) is 78.5 cm³/mol. The zero-order chi connectivity index (χ0) is 15.9. The summed E-state index contributed by atoms with van der Waals surface area (Å²) < 4.78 is 0. The highest BCUT2D eigenvalue weighted by Crippen LogP contribution is 2.31. The van der Waals surface area contributed by atoms with Crippen LogP contribution in [0.15, 0.2) is 48.5 Å². The van der Waals surface area contributed by atoms with Crippen molar-refractivity contribution in [1.82, 2.24) is 4.90 Å². The lowest BCUT2D eigenvalue weighted by Crippen LogP contribution is -2.32. The highest BCUT2D eigenvalue weighted by molar-refractivity contribution is 6.21. The number of amides is 2. The number of nitro benzene ring substituents is 1. The van der Waals surface area contributed by atoms with Gasteiger partial charge in [0.25, 0.3) is 17.5 Å². The molecule has 22 heavy (non-hydrogen) atoms. The molecule has 110 valence electrons. The van der Waals surface area contributed by atoms with Gasteiger partial charge in [-0.05, 0) is 24.6 Å². The van der Waals surface area contributed by atoms with Crippen LogP contribution in [0.25, 0.3) is 0 Å². The van der Waals surface area contributed by atoms with Crippen LogP contribution in [0.4, 0.5) is 5.69 Å². The summed E-state index contributed by atoms with van der Waals surface area (Å²) in [6, 6.07) is 12.0. The molecule has 2 amide bonds. The minimum Gasteiger partial charge on any atom is -0.269 e. The largest absolute Gasteiger partial charge is 0.269 e. The molecule has 0 aromatic heterocycles. The zero-order valence-corrected chi connectivity index (χ0v) is 11.7. The molecule has 6 nitrogen and oxygen atoms in total. The summed E-state index contributed by atoms with van der Waals surface area (Å²) in [5.74, 6) is -0.682. The minimum absolute atomic E-state index is 0.0293. The number of non-ortho nitro benzene ring substituents is 1. The Morgan fingerprint density at radius 2 is 1.45 bits per heavy atom. The quantitative estimate of drug-likeness (QED) is 0.495. The van der Waals surface area contributed by atoms with Crippen molar-refractivity contribution in [2.24, 2.45) is 0 Å². The van der Waals surface area contributed by atoms with Gasteiger partial charge in [-0.25, -0.2) is 0 Å². The second-order valence-corrected chi connectivity index (χ2v) is 5.05. The normalized spacial score (nSPS) is 14.9. The third-order valence-corrected chi connectivity index (χ3v) is 3.80. The molecular formula is C16H12N2O4. The summed E-state index contributed by atoms with van der Waals surface area (Å²) in [6.45, 7) is 1.73. The number of nitro groups is 1. The van der Waals surface area contributed by atoms with Gasteiger partial charge in [-0.1, -0.05) is 24.3 Å². The van der Waals surface area contributed by atoms with E-state index >= 15 is 0 Å². The van der Waals surface area contributed by atoms with Crippen molar-refractivity contribution < 1.29 is 14.5 Å². The standard InChI is InChI=1S/C16H12N2O4/c1-10(11-6-8-12(9-7-11)18(21)22)17-15(19)13-4-2-3-5-14(13)16(17)20/h2-10H,1H3/t10-/m1/s1. The molecule has 6 heteroatoms. The van der Waals surface area contributed by atoms with Crippen LogP contribution in [0.3, 0.4) is 0 Å². The fraction of sp³-hybridized carbons (Fsp3) is 0.125. The minimum atomic E-state index is -0.492. The Labute approximate surface area is 126 Å². The first-order valence-electron chi connectivity index (χ1n) is 6.72. The third-order valence-electron chi connectivity index (χ3n) is 3.80.